The fourth-order valence-corrected chi connectivity index (χ4v) is 3.64. The SMILES string of the molecule is CCN(CC)S(=O)(=O)c1ccc(C(=O)Oc2ccc(F)c(F)c2)cc1. The summed E-state index contributed by atoms with van der Waals surface area (Å²) in [5.74, 6) is -3.14. The highest BCUT2D eigenvalue weighted by Crippen LogP contribution is 2.19. The van der Waals surface area contributed by atoms with Gasteiger partial charge in [-0.2, -0.15) is 4.31 Å². The molecule has 0 amide bonds. The minimum absolute atomic E-state index is 0.0561. The maximum Gasteiger partial charge on any atom is 0.343 e. The Bertz CT molecular complexity index is 863. The van der Waals surface area contributed by atoms with Crippen molar-refractivity contribution in [2.24, 2.45) is 0 Å². The van der Waals surface area contributed by atoms with Gasteiger partial charge in [-0.1, -0.05) is 13.8 Å². The molecule has 0 saturated carbocycles. The van der Waals surface area contributed by atoms with Crippen molar-refractivity contribution in [3.8, 4) is 5.75 Å². The van der Waals surface area contributed by atoms with Crippen LogP contribution in [0.25, 0.3) is 0 Å². The molecule has 134 valence electrons. The van der Waals surface area contributed by atoms with Crippen LogP contribution in [0.3, 0.4) is 0 Å². The first-order valence-corrected chi connectivity index (χ1v) is 9.01. The second kappa shape index (κ2) is 7.71. The van der Waals surface area contributed by atoms with Gasteiger partial charge in [-0.05, 0) is 36.4 Å². The number of hydrogen-bond acceptors (Lipinski definition) is 4. The first-order valence-electron chi connectivity index (χ1n) is 7.57. The quantitative estimate of drug-likeness (QED) is 0.579. The molecule has 0 unspecified atom stereocenters. The lowest BCUT2D eigenvalue weighted by Gasteiger charge is -2.18. The molecule has 0 bridgehead atoms. The Hall–Kier alpha value is -2.32. The van der Waals surface area contributed by atoms with Crippen molar-refractivity contribution in [3.63, 3.8) is 0 Å². The number of benzene rings is 2. The molecule has 8 heteroatoms. The van der Waals surface area contributed by atoms with Gasteiger partial charge in [0.2, 0.25) is 10.0 Å². The van der Waals surface area contributed by atoms with Crippen LogP contribution in [0, 0.1) is 11.6 Å². The number of nitrogens with zero attached hydrogens (tertiary/aromatic N) is 1. The number of esters is 1. The van der Waals surface area contributed by atoms with Crippen LogP contribution in [-0.2, 0) is 10.0 Å². The molecule has 0 aliphatic rings. The van der Waals surface area contributed by atoms with E-state index in [0.29, 0.717) is 13.1 Å². The molecule has 0 radical (unpaired) electrons. The highest BCUT2D eigenvalue weighted by molar-refractivity contribution is 7.89. The number of halogens is 2. The Morgan fingerprint density at radius 3 is 2.12 bits per heavy atom. The van der Waals surface area contributed by atoms with E-state index in [-0.39, 0.29) is 16.2 Å². The minimum atomic E-state index is -3.62. The zero-order valence-electron chi connectivity index (χ0n) is 13.7. The molecule has 0 saturated heterocycles. The van der Waals surface area contributed by atoms with Gasteiger partial charge in [-0.25, -0.2) is 22.0 Å². The molecule has 0 aliphatic heterocycles. The van der Waals surface area contributed by atoms with Crippen LogP contribution < -0.4 is 4.74 Å². The van der Waals surface area contributed by atoms with Crippen LogP contribution in [0.4, 0.5) is 8.78 Å². The van der Waals surface area contributed by atoms with Gasteiger partial charge in [-0.15, -0.1) is 0 Å². The van der Waals surface area contributed by atoms with Gasteiger partial charge in [0, 0.05) is 19.2 Å². The molecule has 0 N–H and O–H groups in total. The number of rotatable bonds is 6. The van der Waals surface area contributed by atoms with Gasteiger partial charge >= 0.3 is 5.97 Å². The zero-order valence-corrected chi connectivity index (χ0v) is 14.5. The third-order valence-corrected chi connectivity index (χ3v) is 5.60. The largest absolute Gasteiger partial charge is 0.423 e. The van der Waals surface area contributed by atoms with Gasteiger partial charge in [0.05, 0.1) is 10.5 Å². The molecule has 2 aromatic rings. The van der Waals surface area contributed by atoms with Crippen LogP contribution in [0.5, 0.6) is 5.75 Å². The van der Waals surface area contributed by atoms with E-state index >= 15 is 0 Å². The van der Waals surface area contributed by atoms with Crippen molar-refractivity contribution in [2.75, 3.05) is 13.1 Å². The summed E-state index contributed by atoms with van der Waals surface area (Å²) in [6, 6.07) is 7.93. The summed E-state index contributed by atoms with van der Waals surface area (Å²) in [7, 11) is -3.62. The summed E-state index contributed by atoms with van der Waals surface area (Å²) in [4.78, 5) is 12.1. The maximum absolute atomic E-state index is 13.1. The van der Waals surface area contributed by atoms with Crippen LogP contribution in [0.15, 0.2) is 47.4 Å². The standard InChI is InChI=1S/C17H17F2NO4S/c1-3-20(4-2)25(22,23)14-8-5-12(6-9-14)17(21)24-13-7-10-15(18)16(19)11-13/h5-11H,3-4H2,1-2H3. The van der Waals surface area contributed by atoms with E-state index in [2.05, 4.69) is 0 Å². The van der Waals surface area contributed by atoms with Crippen molar-refractivity contribution in [3.05, 3.63) is 59.7 Å². The number of carbonyl (C=O) groups is 1. The molecule has 0 spiro atoms. The molecule has 0 atom stereocenters. The normalized spacial score (nSPS) is 11.6. The lowest BCUT2D eigenvalue weighted by Crippen LogP contribution is -2.30. The Morgan fingerprint density at radius 1 is 1.00 bits per heavy atom. The second-order valence-corrected chi connectivity index (χ2v) is 7.02. The Morgan fingerprint density at radius 2 is 1.60 bits per heavy atom. The van der Waals surface area contributed by atoms with Gasteiger partial charge in [0.15, 0.2) is 11.6 Å². The summed E-state index contributed by atoms with van der Waals surface area (Å²) in [5, 5.41) is 0. The molecule has 0 heterocycles. The van der Waals surface area contributed by atoms with E-state index in [1.807, 2.05) is 0 Å². The van der Waals surface area contributed by atoms with Crippen molar-refractivity contribution >= 4 is 16.0 Å². The zero-order chi connectivity index (χ0) is 18.6. The first-order chi connectivity index (χ1) is 11.8. The monoisotopic (exact) mass is 369 g/mol. The van der Waals surface area contributed by atoms with Crippen molar-refractivity contribution in [2.45, 2.75) is 18.7 Å². The average molecular weight is 369 g/mol. The number of ether oxygens (including phenoxy) is 1. The lowest BCUT2D eigenvalue weighted by molar-refractivity contribution is 0.0734. The highest BCUT2D eigenvalue weighted by atomic mass is 32.2. The minimum Gasteiger partial charge on any atom is -0.423 e. The molecular formula is C17H17F2NO4S. The molecule has 0 aliphatic carbocycles. The topological polar surface area (TPSA) is 63.7 Å². The summed E-state index contributed by atoms with van der Waals surface area (Å²) in [5.41, 5.74) is 0.0863. The number of sulfonamides is 1. The third kappa shape index (κ3) is 4.21. The van der Waals surface area contributed by atoms with Crippen molar-refractivity contribution in [1.29, 1.82) is 0 Å². The molecular weight excluding hydrogens is 352 g/mol. The molecule has 0 aromatic heterocycles. The predicted molar refractivity (Wildman–Crippen MR) is 87.9 cm³/mol. The van der Waals surface area contributed by atoms with E-state index in [4.69, 9.17) is 4.74 Å². The van der Waals surface area contributed by atoms with Gasteiger partial charge in [-0.3, -0.25) is 0 Å². The van der Waals surface area contributed by atoms with E-state index in [1.165, 1.54) is 28.6 Å². The predicted octanol–water partition coefficient (Wildman–Crippen LogP) is 3.21. The smallest absolute Gasteiger partial charge is 0.343 e. The Kier molecular flexibility index (Phi) is 5.86. The van der Waals surface area contributed by atoms with Crippen LogP contribution in [0.1, 0.15) is 24.2 Å². The average Bonchev–Trinajstić information content (AvgIpc) is 2.59. The first kappa shape index (κ1) is 19.0. The summed E-state index contributed by atoms with van der Waals surface area (Å²) in [6.07, 6.45) is 0. The van der Waals surface area contributed by atoms with Crippen LogP contribution in [0.2, 0.25) is 0 Å². The van der Waals surface area contributed by atoms with E-state index in [9.17, 15) is 22.0 Å². The Balaban J connectivity index is 2.19. The second-order valence-electron chi connectivity index (χ2n) is 5.08. The number of hydrogen-bond donors (Lipinski definition) is 0. The maximum atomic E-state index is 13.1. The molecule has 25 heavy (non-hydrogen) atoms. The molecule has 2 aromatic carbocycles. The van der Waals surface area contributed by atoms with Gasteiger partial charge in [0.1, 0.15) is 5.75 Å². The third-order valence-electron chi connectivity index (χ3n) is 3.53. The van der Waals surface area contributed by atoms with Crippen LogP contribution >= 0.6 is 0 Å². The fraction of sp³-hybridized carbons (Fsp3) is 0.235. The van der Waals surface area contributed by atoms with Gasteiger partial charge < -0.3 is 4.74 Å². The molecule has 2 rings (SSSR count). The highest BCUT2D eigenvalue weighted by Gasteiger charge is 2.22. The lowest BCUT2D eigenvalue weighted by atomic mass is 10.2. The van der Waals surface area contributed by atoms with E-state index in [1.54, 1.807) is 13.8 Å². The molecule has 5 nitrogen and oxygen atoms in total. The Labute approximate surface area is 144 Å². The summed E-state index contributed by atoms with van der Waals surface area (Å²) >= 11 is 0. The summed E-state index contributed by atoms with van der Waals surface area (Å²) < 4.78 is 57.0. The van der Waals surface area contributed by atoms with Crippen LogP contribution in [-0.4, -0.2) is 31.8 Å². The van der Waals surface area contributed by atoms with E-state index < -0.39 is 27.6 Å². The molecule has 0 fully saturated rings. The van der Waals surface area contributed by atoms with Gasteiger partial charge in [0.25, 0.3) is 0 Å². The fourth-order valence-electron chi connectivity index (χ4n) is 2.18. The van der Waals surface area contributed by atoms with Crippen molar-refractivity contribution < 1.29 is 26.7 Å². The van der Waals surface area contributed by atoms with Crippen molar-refractivity contribution in [1.82, 2.24) is 4.31 Å². The summed E-state index contributed by atoms with van der Waals surface area (Å²) in [6.45, 7) is 4.13. The number of carbonyl (C=O) groups excluding carboxylic acids is 1. The van der Waals surface area contributed by atoms with E-state index in [0.717, 1.165) is 18.2 Å².